The molecule has 1 saturated heterocycles. The average Bonchev–Trinajstić information content (AvgIpc) is 3.14. The van der Waals surface area contributed by atoms with E-state index in [1.165, 1.54) is 31.2 Å². The summed E-state index contributed by atoms with van der Waals surface area (Å²) in [5, 5.41) is 4.75. The molecule has 1 atom stereocenters. The van der Waals surface area contributed by atoms with Crippen LogP contribution in [0.3, 0.4) is 0 Å². The summed E-state index contributed by atoms with van der Waals surface area (Å²) in [5.41, 5.74) is 2.37. The number of benzene rings is 4. The normalized spacial score (nSPS) is 13.9. The maximum atomic E-state index is 13.2. The molecule has 1 fully saturated rings. The number of aromatic nitrogens is 2. The SMILES string of the molecule is C=CCC(=O)Nc1cccc2cccnc12.Cc1ccccc1C(F)(F)F.O=C1CC(CCc2ccccc2C(F)(F)F)N1c1cccc2cccnc12. The van der Waals surface area contributed by atoms with Crippen LogP contribution >= 0.6 is 0 Å². The second-order valence-corrected chi connectivity index (χ2v) is 12.4. The minimum Gasteiger partial charge on any atom is -0.324 e. The van der Waals surface area contributed by atoms with Gasteiger partial charge in [0.2, 0.25) is 11.8 Å². The topological polar surface area (TPSA) is 75.2 Å². The molecule has 1 aliphatic rings. The van der Waals surface area contributed by atoms with Crippen LogP contribution in [0, 0.1) is 6.92 Å². The zero-order valence-electron chi connectivity index (χ0n) is 29.2. The smallest absolute Gasteiger partial charge is 0.324 e. The van der Waals surface area contributed by atoms with Crippen molar-refractivity contribution in [2.24, 2.45) is 0 Å². The fourth-order valence-electron chi connectivity index (χ4n) is 6.09. The Balaban J connectivity index is 0.000000175. The van der Waals surface area contributed by atoms with Gasteiger partial charge in [0.15, 0.2) is 0 Å². The molecule has 1 N–H and O–H groups in total. The van der Waals surface area contributed by atoms with Gasteiger partial charge in [-0.2, -0.15) is 26.3 Å². The first-order valence-corrected chi connectivity index (χ1v) is 17.0. The van der Waals surface area contributed by atoms with Gasteiger partial charge < -0.3 is 10.2 Å². The van der Waals surface area contributed by atoms with Crippen molar-refractivity contribution in [2.45, 2.75) is 51.0 Å². The molecule has 2 aromatic heterocycles. The predicted octanol–water partition coefficient (Wildman–Crippen LogP) is 10.8. The van der Waals surface area contributed by atoms with Gasteiger partial charge in [-0.1, -0.05) is 78.9 Å². The number of rotatable bonds is 7. The number of hydrogen-bond acceptors (Lipinski definition) is 4. The maximum absolute atomic E-state index is 13.2. The number of fused-ring (bicyclic) bond motifs is 2. The average molecular weight is 743 g/mol. The summed E-state index contributed by atoms with van der Waals surface area (Å²) in [6.45, 7) is 4.98. The number of aryl methyl sites for hydroxylation is 2. The van der Waals surface area contributed by atoms with E-state index in [0.29, 0.717) is 19.3 Å². The number of β-lactam (4-membered cyclic amide) rings is 1. The highest BCUT2D eigenvalue weighted by molar-refractivity contribution is 6.07. The highest BCUT2D eigenvalue weighted by atomic mass is 19.4. The highest BCUT2D eigenvalue weighted by Crippen LogP contribution is 2.37. The van der Waals surface area contributed by atoms with Gasteiger partial charge in [-0.25, -0.2) is 0 Å². The Morgan fingerprint density at radius 2 is 1.35 bits per heavy atom. The molecule has 1 unspecified atom stereocenters. The lowest BCUT2D eigenvalue weighted by Gasteiger charge is -2.41. The van der Waals surface area contributed by atoms with Crippen molar-refractivity contribution in [3.63, 3.8) is 0 Å². The second kappa shape index (κ2) is 17.2. The number of nitrogens with one attached hydrogen (secondary N) is 1. The Labute approximate surface area is 308 Å². The first-order valence-electron chi connectivity index (χ1n) is 17.0. The van der Waals surface area contributed by atoms with Crippen LogP contribution in [0.4, 0.5) is 37.7 Å². The predicted molar refractivity (Wildman–Crippen MR) is 199 cm³/mol. The second-order valence-electron chi connectivity index (χ2n) is 12.4. The fraction of sp³-hybridized carbons (Fsp3) is 0.190. The third kappa shape index (κ3) is 9.68. The Morgan fingerprint density at radius 1 is 0.778 bits per heavy atom. The van der Waals surface area contributed by atoms with Gasteiger partial charge in [0.25, 0.3) is 0 Å². The molecule has 0 radical (unpaired) electrons. The van der Waals surface area contributed by atoms with E-state index in [0.717, 1.165) is 45.3 Å². The molecule has 278 valence electrons. The molecule has 7 rings (SSSR count). The molecule has 0 spiro atoms. The third-order valence-corrected chi connectivity index (χ3v) is 8.67. The highest BCUT2D eigenvalue weighted by Gasteiger charge is 2.39. The summed E-state index contributed by atoms with van der Waals surface area (Å²) in [6, 6.07) is 29.9. The molecular formula is C42H36F6N4O2. The number of amides is 2. The van der Waals surface area contributed by atoms with Crippen molar-refractivity contribution in [3.05, 3.63) is 156 Å². The van der Waals surface area contributed by atoms with Crippen molar-refractivity contribution in [3.8, 4) is 0 Å². The molecule has 2 amide bonds. The number of halogens is 6. The fourth-order valence-corrected chi connectivity index (χ4v) is 6.09. The summed E-state index contributed by atoms with van der Waals surface area (Å²) < 4.78 is 75.7. The molecular weight excluding hydrogens is 706 g/mol. The number of alkyl halides is 6. The molecule has 54 heavy (non-hydrogen) atoms. The lowest BCUT2D eigenvalue weighted by atomic mass is 9.92. The molecule has 1 aliphatic heterocycles. The molecule has 3 heterocycles. The molecule has 0 aliphatic carbocycles. The van der Waals surface area contributed by atoms with Gasteiger partial charge in [0.1, 0.15) is 0 Å². The van der Waals surface area contributed by atoms with E-state index in [1.54, 1.807) is 35.5 Å². The van der Waals surface area contributed by atoms with Crippen LogP contribution in [0.1, 0.15) is 41.5 Å². The Morgan fingerprint density at radius 3 is 1.96 bits per heavy atom. The van der Waals surface area contributed by atoms with Crippen LogP contribution in [-0.4, -0.2) is 27.8 Å². The van der Waals surface area contributed by atoms with Crippen LogP contribution in [-0.2, 0) is 28.4 Å². The summed E-state index contributed by atoms with van der Waals surface area (Å²) in [7, 11) is 0. The van der Waals surface area contributed by atoms with Gasteiger partial charge in [-0.05, 0) is 67.3 Å². The number of carbonyl (C=O) groups is 2. The Hall–Kier alpha value is -6.04. The van der Waals surface area contributed by atoms with Crippen molar-refractivity contribution in [2.75, 3.05) is 10.2 Å². The Bertz CT molecular complexity index is 2240. The van der Waals surface area contributed by atoms with Gasteiger partial charge in [0.05, 0.1) is 33.5 Å². The van der Waals surface area contributed by atoms with E-state index < -0.39 is 23.5 Å². The van der Waals surface area contributed by atoms with Crippen LogP contribution in [0.2, 0.25) is 0 Å². The summed E-state index contributed by atoms with van der Waals surface area (Å²) in [4.78, 5) is 34.0. The lowest BCUT2D eigenvalue weighted by Crippen LogP contribution is -2.53. The van der Waals surface area contributed by atoms with E-state index >= 15 is 0 Å². The standard InChI is InChI=1S/C21H17F3N2O.C13H12N2O.C8H7F3/c22-21(23,24)17-8-2-1-5-14(17)10-11-16-13-19(27)26(16)18-9-3-6-15-7-4-12-25-20(15)18;1-2-5-12(16)15-11-8-3-6-10-7-4-9-14-13(10)11;1-6-4-2-3-5-7(6)8(9,10)11/h1-9,12,16H,10-11,13H2;2-4,6-9H,1,5H2,(H,15,16);2-5H,1H3. The molecule has 6 aromatic rings. The molecule has 4 aromatic carbocycles. The quantitative estimate of drug-likeness (QED) is 0.100. The van der Waals surface area contributed by atoms with Crippen LogP contribution < -0.4 is 10.2 Å². The zero-order chi connectivity index (χ0) is 38.9. The van der Waals surface area contributed by atoms with Gasteiger partial charge in [-0.3, -0.25) is 19.6 Å². The minimum absolute atomic E-state index is 0.0257. The van der Waals surface area contributed by atoms with E-state index in [2.05, 4.69) is 21.9 Å². The zero-order valence-corrected chi connectivity index (χ0v) is 29.2. The number of nitrogens with zero attached hydrogens (tertiary/aromatic N) is 3. The van der Waals surface area contributed by atoms with E-state index in [-0.39, 0.29) is 35.4 Å². The van der Waals surface area contributed by atoms with Crippen molar-refractivity contribution < 1.29 is 35.9 Å². The third-order valence-electron chi connectivity index (χ3n) is 8.67. The number of para-hydroxylation sites is 2. The lowest BCUT2D eigenvalue weighted by molar-refractivity contribution is -0.139. The van der Waals surface area contributed by atoms with E-state index in [1.807, 2.05) is 60.7 Å². The summed E-state index contributed by atoms with van der Waals surface area (Å²) in [6.07, 6.45) is -2.23. The van der Waals surface area contributed by atoms with Crippen LogP contribution in [0.25, 0.3) is 21.8 Å². The van der Waals surface area contributed by atoms with E-state index in [4.69, 9.17) is 0 Å². The van der Waals surface area contributed by atoms with Crippen LogP contribution in [0.5, 0.6) is 0 Å². The first-order chi connectivity index (χ1) is 25.8. The van der Waals surface area contributed by atoms with E-state index in [9.17, 15) is 35.9 Å². The molecule has 0 bridgehead atoms. The molecule has 6 nitrogen and oxygen atoms in total. The largest absolute Gasteiger partial charge is 0.416 e. The van der Waals surface area contributed by atoms with Gasteiger partial charge in [0, 0.05) is 42.0 Å². The summed E-state index contributed by atoms with van der Waals surface area (Å²) in [5.74, 6) is -0.101. The number of hydrogen-bond donors (Lipinski definition) is 1. The minimum atomic E-state index is -4.37. The number of anilines is 2. The maximum Gasteiger partial charge on any atom is 0.416 e. The Kier molecular flexibility index (Phi) is 12.5. The summed E-state index contributed by atoms with van der Waals surface area (Å²) >= 11 is 0. The molecule has 12 heteroatoms. The first kappa shape index (κ1) is 39.2. The number of pyridine rings is 2. The van der Waals surface area contributed by atoms with Crippen molar-refractivity contribution in [1.82, 2.24) is 9.97 Å². The monoisotopic (exact) mass is 742 g/mol. The van der Waals surface area contributed by atoms with Crippen molar-refractivity contribution in [1.29, 1.82) is 0 Å². The molecule has 0 saturated carbocycles. The van der Waals surface area contributed by atoms with Crippen LogP contribution in [0.15, 0.2) is 134 Å². The van der Waals surface area contributed by atoms with Gasteiger partial charge in [-0.15, -0.1) is 6.58 Å². The van der Waals surface area contributed by atoms with Crippen molar-refractivity contribution >= 4 is 45.0 Å². The number of carbonyl (C=O) groups excluding carboxylic acids is 2. The van der Waals surface area contributed by atoms with Gasteiger partial charge >= 0.3 is 12.4 Å².